The Morgan fingerprint density at radius 3 is 1.70 bits per heavy atom. The third-order valence-corrected chi connectivity index (χ3v) is 6.90. The number of hydrogen-bond acceptors (Lipinski definition) is 10. The van der Waals surface area contributed by atoms with Gasteiger partial charge in [0.25, 0.3) is 11.4 Å². The van der Waals surface area contributed by atoms with Crippen LogP contribution in [-0.4, -0.2) is 35.0 Å². The van der Waals surface area contributed by atoms with Gasteiger partial charge in [-0.2, -0.15) is 5.09 Å². The number of esters is 1. The molecule has 0 bridgehead atoms. The van der Waals surface area contributed by atoms with E-state index < -0.39 is 29.6 Å². The average molecular weight is 581 g/mol. The van der Waals surface area contributed by atoms with E-state index in [1.807, 2.05) is 20.9 Å². The predicted molar refractivity (Wildman–Crippen MR) is 151 cm³/mol. The first kappa shape index (κ1) is 34.1. The van der Waals surface area contributed by atoms with Crippen LogP contribution in [-0.2, 0) is 14.1 Å². The molecule has 3 rings (SSSR count). The fourth-order valence-electron chi connectivity index (χ4n) is 3.35. The number of rotatable bonds is 11. The van der Waals surface area contributed by atoms with Crippen molar-refractivity contribution in [3.8, 4) is 11.5 Å². The van der Waals surface area contributed by atoms with Gasteiger partial charge in [-0.15, -0.1) is 0 Å². The molecule has 0 aromatic heterocycles. The van der Waals surface area contributed by atoms with Crippen LogP contribution in [0.3, 0.4) is 0 Å². The lowest BCUT2D eigenvalue weighted by atomic mass is 9.98. The SMILES string of the molecule is C=CNC.CC.CC(NP(=O)(Oc1ccc([N+](=O)[O-])cc1)Oc1ccc([N+](=O)[O-])cc1)C(=O)OC1CCCCC1. The van der Waals surface area contributed by atoms with Crippen LogP contribution in [0.25, 0.3) is 0 Å². The third-order valence-electron chi connectivity index (χ3n) is 5.29. The fraction of sp³-hybridized carbons (Fsp3) is 0.423. The van der Waals surface area contributed by atoms with Crippen molar-refractivity contribution in [2.75, 3.05) is 7.05 Å². The van der Waals surface area contributed by atoms with Crippen LogP contribution in [0.4, 0.5) is 11.4 Å². The smallest absolute Gasteiger partial charge is 0.461 e. The quantitative estimate of drug-likeness (QED) is 0.132. The molecule has 220 valence electrons. The van der Waals surface area contributed by atoms with Crippen molar-refractivity contribution in [3.05, 3.63) is 81.5 Å². The first-order valence-electron chi connectivity index (χ1n) is 12.8. The Morgan fingerprint density at radius 1 is 0.950 bits per heavy atom. The van der Waals surface area contributed by atoms with Crippen LogP contribution < -0.4 is 19.5 Å². The van der Waals surface area contributed by atoms with E-state index in [1.165, 1.54) is 31.2 Å². The molecule has 0 spiro atoms. The van der Waals surface area contributed by atoms with Crippen molar-refractivity contribution in [1.82, 2.24) is 10.4 Å². The summed E-state index contributed by atoms with van der Waals surface area (Å²) in [6, 6.07) is 8.49. The number of nitrogens with one attached hydrogen (secondary N) is 2. The number of nitro groups is 2. The monoisotopic (exact) mass is 580 g/mol. The second kappa shape index (κ2) is 17.6. The Kier molecular flexibility index (Phi) is 15.0. The molecule has 2 aromatic rings. The van der Waals surface area contributed by atoms with Crippen molar-refractivity contribution >= 4 is 25.1 Å². The zero-order valence-electron chi connectivity index (χ0n) is 23.1. The van der Waals surface area contributed by atoms with Crippen LogP contribution >= 0.6 is 7.75 Å². The lowest BCUT2D eigenvalue weighted by Crippen LogP contribution is -2.38. The normalized spacial score (nSPS) is 13.6. The molecule has 1 aliphatic rings. The van der Waals surface area contributed by atoms with E-state index in [-0.39, 0.29) is 29.0 Å². The van der Waals surface area contributed by atoms with E-state index >= 15 is 0 Å². The number of hydrogen-bond donors (Lipinski definition) is 2. The fourth-order valence-corrected chi connectivity index (χ4v) is 4.87. The van der Waals surface area contributed by atoms with E-state index in [0.717, 1.165) is 56.4 Å². The van der Waals surface area contributed by atoms with Gasteiger partial charge in [-0.05, 0) is 63.1 Å². The molecule has 0 aliphatic heterocycles. The van der Waals surface area contributed by atoms with Gasteiger partial charge in [0.15, 0.2) is 0 Å². The minimum atomic E-state index is -4.29. The third kappa shape index (κ3) is 11.8. The minimum absolute atomic E-state index is 0.0174. The lowest BCUT2D eigenvalue weighted by molar-refractivity contribution is -0.385. The number of non-ortho nitro benzene ring substituents is 2. The summed E-state index contributed by atoms with van der Waals surface area (Å²) in [5, 5.41) is 27.0. The molecule has 0 saturated heterocycles. The van der Waals surface area contributed by atoms with Gasteiger partial charge in [-0.3, -0.25) is 25.0 Å². The molecule has 13 nitrogen and oxygen atoms in total. The lowest BCUT2D eigenvalue weighted by Gasteiger charge is -2.26. The van der Waals surface area contributed by atoms with Crippen molar-refractivity contribution < 1.29 is 33.0 Å². The summed E-state index contributed by atoms with van der Waals surface area (Å²) >= 11 is 0. The Labute approximate surface area is 233 Å². The highest BCUT2D eigenvalue weighted by atomic mass is 31.2. The molecule has 40 heavy (non-hydrogen) atoms. The van der Waals surface area contributed by atoms with E-state index in [0.29, 0.717) is 0 Å². The molecule has 1 unspecified atom stereocenters. The van der Waals surface area contributed by atoms with Crippen LogP contribution in [0.5, 0.6) is 11.5 Å². The molecule has 1 atom stereocenters. The summed E-state index contributed by atoms with van der Waals surface area (Å²) in [7, 11) is -2.48. The number of nitrogens with zero attached hydrogens (tertiary/aromatic N) is 2. The standard InChI is InChI=1S/C21H24N3O9P.C3H7N.C2H6/c1-15(21(25)31-18-5-3-2-4-6-18)22-34(30,32-19-11-7-16(8-12-19)23(26)27)33-20-13-9-17(10-14-20)24(28)29;1-3-4-2;1-2/h7-15,18H,2-6H2,1H3,(H,22,30);3-4H,1H2,2H3;1-2H3. The second-order valence-corrected chi connectivity index (χ2v) is 9.84. The molecule has 1 saturated carbocycles. The van der Waals surface area contributed by atoms with Gasteiger partial charge in [-0.1, -0.05) is 26.8 Å². The molecule has 2 aromatic carbocycles. The maximum atomic E-state index is 13.6. The molecule has 14 heteroatoms. The Bertz CT molecular complexity index is 1070. The average Bonchev–Trinajstić information content (AvgIpc) is 2.95. The number of nitro benzene ring substituents is 2. The van der Waals surface area contributed by atoms with E-state index in [2.05, 4.69) is 17.0 Å². The molecule has 0 radical (unpaired) electrons. The summed E-state index contributed by atoms with van der Waals surface area (Å²) in [5.41, 5.74) is -0.397. The van der Waals surface area contributed by atoms with E-state index in [1.54, 1.807) is 6.20 Å². The van der Waals surface area contributed by atoms with Crippen molar-refractivity contribution in [3.63, 3.8) is 0 Å². The molecular weight excluding hydrogens is 543 g/mol. The van der Waals surface area contributed by atoms with Gasteiger partial charge in [0.2, 0.25) is 0 Å². The largest absolute Gasteiger partial charge is 0.513 e. The highest BCUT2D eigenvalue weighted by molar-refractivity contribution is 7.52. The number of carbonyl (C=O) groups excluding carboxylic acids is 1. The van der Waals surface area contributed by atoms with Crippen molar-refractivity contribution in [2.24, 2.45) is 0 Å². The summed E-state index contributed by atoms with van der Waals surface area (Å²) in [4.78, 5) is 33.1. The van der Waals surface area contributed by atoms with Crippen LogP contribution in [0, 0.1) is 20.2 Å². The van der Waals surface area contributed by atoms with E-state index in [9.17, 15) is 29.6 Å². The van der Waals surface area contributed by atoms with Gasteiger partial charge in [-0.25, -0.2) is 4.57 Å². The molecular formula is C26H37N4O9P. The number of carbonyl (C=O) groups is 1. The van der Waals surface area contributed by atoms with Gasteiger partial charge in [0.05, 0.1) is 9.85 Å². The molecule has 0 heterocycles. The Balaban J connectivity index is 0.00000122. The molecule has 1 aliphatic carbocycles. The summed E-state index contributed by atoms with van der Waals surface area (Å²) in [6.07, 6.45) is 5.94. The van der Waals surface area contributed by atoms with Crippen LogP contribution in [0.1, 0.15) is 52.9 Å². The second-order valence-electron chi connectivity index (χ2n) is 8.22. The summed E-state index contributed by atoms with van der Waals surface area (Å²) in [5.74, 6) is -0.667. The van der Waals surface area contributed by atoms with Crippen molar-refractivity contribution in [1.29, 1.82) is 0 Å². The van der Waals surface area contributed by atoms with Crippen LogP contribution in [0.2, 0.25) is 0 Å². The Hall–Kier alpha value is -3.96. The summed E-state index contributed by atoms with van der Waals surface area (Å²) in [6.45, 7) is 8.81. The highest BCUT2D eigenvalue weighted by Gasteiger charge is 2.35. The maximum absolute atomic E-state index is 13.6. The minimum Gasteiger partial charge on any atom is -0.461 e. The van der Waals surface area contributed by atoms with Crippen LogP contribution in [0.15, 0.2) is 61.3 Å². The maximum Gasteiger partial charge on any atom is 0.513 e. The van der Waals surface area contributed by atoms with Gasteiger partial charge >= 0.3 is 13.7 Å². The predicted octanol–water partition coefficient (Wildman–Crippen LogP) is 6.30. The number of ether oxygens (including phenoxy) is 1. The van der Waals surface area contributed by atoms with Gasteiger partial charge in [0.1, 0.15) is 23.6 Å². The van der Waals surface area contributed by atoms with E-state index in [4.69, 9.17) is 13.8 Å². The summed E-state index contributed by atoms with van der Waals surface area (Å²) < 4.78 is 30.0. The zero-order valence-corrected chi connectivity index (χ0v) is 24.0. The first-order chi connectivity index (χ1) is 19.1. The topological polar surface area (TPSA) is 172 Å². The first-order valence-corrected chi connectivity index (χ1v) is 14.4. The van der Waals surface area contributed by atoms with Crippen molar-refractivity contribution in [2.45, 2.75) is 65.0 Å². The molecule has 0 amide bonds. The molecule has 2 N–H and O–H groups in total. The van der Waals surface area contributed by atoms with Gasteiger partial charge < -0.3 is 19.1 Å². The number of benzene rings is 2. The van der Waals surface area contributed by atoms with Gasteiger partial charge in [0, 0.05) is 31.3 Å². The highest BCUT2D eigenvalue weighted by Crippen LogP contribution is 2.46. The molecule has 1 fully saturated rings. The zero-order chi connectivity index (χ0) is 30.1. The Morgan fingerprint density at radius 2 is 1.35 bits per heavy atom.